The minimum atomic E-state index is -4.71. The van der Waals surface area contributed by atoms with Crippen molar-refractivity contribution < 1.29 is 27.4 Å². The fraction of sp³-hybridized carbons (Fsp3) is 0.357. The van der Waals surface area contributed by atoms with Crippen LogP contribution in [-0.2, 0) is 9.53 Å². The molecular formula is C14H15F3O3. The van der Waals surface area contributed by atoms with E-state index in [0.29, 0.717) is 17.6 Å². The Labute approximate surface area is 115 Å². The Kier molecular flexibility index (Phi) is 5.61. The Morgan fingerprint density at radius 2 is 1.80 bits per heavy atom. The molecule has 0 radical (unpaired) electrons. The van der Waals surface area contributed by atoms with Gasteiger partial charge in [-0.25, -0.2) is 4.79 Å². The zero-order valence-electron chi connectivity index (χ0n) is 11.2. The summed E-state index contributed by atoms with van der Waals surface area (Å²) in [4.78, 5) is 11.6. The van der Waals surface area contributed by atoms with E-state index in [1.165, 1.54) is 24.3 Å². The smallest absolute Gasteiger partial charge is 0.463 e. The first-order valence-electron chi connectivity index (χ1n) is 6.09. The molecule has 0 spiro atoms. The number of ether oxygens (including phenoxy) is 2. The average Bonchev–Trinajstić information content (AvgIpc) is 2.36. The zero-order valence-corrected chi connectivity index (χ0v) is 11.2. The third-order valence-electron chi connectivity index (χ3n) is 2.37. The van der Waals surface area contributed by atoms with Crippen LogP contribution in [-0.4, -0.2) is 18.9 Å². The third-order valence-corrected chi connectivity index (χ3v) is 2.37. The van der Waals surface area contributed by atoms with Crippen molar-refractivity contribution in [3.8, 4) is 5.75 Å². The monoisotopic (exact) mass is 288 g/mol. The first-order chi connectivity index (χ1) is 9.35. The van der Waals surface area contributed by atoms with Gasteiger partial charge in [0, 0.05) is 5.57 Å². The van der Waals surface area contributed by atoms with E-state index in [0.717, 1.165) is 0 Å². The molecule has 0 saturated heterocycles. The number of benzene rings is 1. The number of hydrogen-bond acceptors (Lipinski definition) is 3. The van der Waals surface area contributed by atoms with Crippen molar-refractivity contribution in [3.63, 3.8) is 0 Å². The second-order valence-electron chi connectivity index (χ2n) is 3.86. The van der Waals surface area contributed by atoms with Gasteiger partial charge in [0.05, 0.1) is 6.61 Å². The van der Waals surface area contributed by atoms with Crippen LogP contribution in [0, 0.1) is 0 Å². The van der Waals surface area contributed by atoms with Crippen molar-refractivity contribution in [2.75, 3.05) is 6.61 Å². The maximum atomic E-state index is 12.0. The highest BCUT2D eigenvalue weighted by atomic mass is 19.4. The van der Waals surface area contributed by atoms with Gasteiger partial charge in [-0.1, -0.05) is 19.1 Å². The van der Waals surface area contributed by atoms with Crippen LogP contribution >= 0.6 is 0 Å². The number of rotatable bonds is 5. The summed E-state index contributed by atoms with van der Waals surface area (Å²) in [6.45, 7) is 3.77. The summed E-state index contributed by atoms with van der Waals surface area (Å²) in [6, 6.07) is 5.27. The molecule has 0 saturated carbocycles. The van der Waals surface area contributed by atoms with Gasteiger partial charge in [0.2, 0.25) is 0 Å². The Morgan fingerprint density at radius 3 is 2.25 bits per heavy atom. The molecule has 1 aromatic rings. The standard InChI is InChI=1S/C14H15F3O3/c1-3-11(13(18)19-4-2)9-10-5-7-12(8-6-10)20-14(15,16)17/h5-9H,3-4H2,1-2H3/b11-9+. The molecule has 1 aromatic carbocycles. The van der Waals surface area contributed by atoms with Crippen molar-refractivity contribution in [1.82, 2.24) is 0 Å². The molecule has 0 amide bonds. The lowest BCUT2D eigenvalue weighted by Crippen LogP contribution is -2.16. The lowest BCUT2D eigenvalue weighted by atomic mass is 10.1. The molecule has 0 aliphatic heterocycles. The first-order valence-corrected chi connectivity index (χ1v) is 6.09. The van der Waals surface area contributed by atoms with Crippen LogP contribution in [0.3, 0.4) is 0 Å². The predicted octanol–water partition coefficient (Wildman–Crippen LogP) is 3.94. The van der Waals surface area contributed by atoms with Gasteiger partial charge < -0.3 is 9.47 Å². The van der Waals surface area contributed by atoms with Gasteiger partial charge in [0.15, 0.2) is 0 Å². The summed E-state index contributed by atoms with van der Waals surface area (Å²) in [6.07, 6.45) is -2.66. The molecule has 6 heteroatoms. The molecule has 0 unspecified atom stereocenters. The molecule has 0 N–H and O–H groups in total. The normalized spacial score (nSPS) is 12.2. The summed E-state index contributed by atoms with van der Waals surface area (Å²) >= 11 is 0. The highest BCUT2D eigenvalue weighted by Crippen LogP contribution is 2.23. The molecule has 0 aliphatic rings. The van der Waals surface area contributed by atoms with Crippen molar-refractivity contribution in [1.29, 1.82) is 0 Å². The van der Waals surface area contributed by atoms with E-state index in [1.54, 1.807) is 19.9 Å². The average molecular weight is 288 g/mol. The van der Waals surface area contributed by atoms with Crippen molar-refractivity contribution in [2.45, 2.75) is 26.6 Å². The van der Waals surface area contributed by atoms with E-state index in [2.05, 4.69) is 4.74 Å². The number of halogens is 3. The van der Waals surface area contributed by atoms with Gasteiger partial charge in [0.25, 0.3) is 0 Å². The van der Waals surface area contributed by atoms with Gasteiger partial charge in [-0.05, 0) is 37.1 Å². The van der Waals surface area contributed by atoms with Crippen LogP contribution in [0.25, 0.3) is 6.08 Å². The lowest BCUT2D eigenvalue weighted by Gasteiger charge is -2.09. The van der Waals surface area contributed by atoms with Gasteiger partial charge in [-0.3, -0.25) is 0 Å². The topological polar surface area (TPSA) is 35.5 Å². The number of alkyl halides is 3. The van der Waals surface area contributed by atoms with Crippen LogP contribution in [0.15, 0.2) is 29.8 Å². The second-order valence-corrected chi connectivity index (χ2v) is 3.86. The largest absolute Gasteiger partial charge is 0.573 e. The number of hydrogen-bond donors (Lipinski definition) is 0. The van der Waals surface area contributed by atoms with Crippen LogP contribution < -0.4 is 4.74 Å². The minimum absolute atomic E-state index is 0.272. The van der Waals surface area contributed by atoms with E-state index in [-0.39, 0.29) is 12.4 Å². The van der Waals surface area contributed by atoms with Gasteiger partial charge in [-0.2, -0.15) is 0 Å². The molecule has 0 bridgehead atoms. The fourth-order valence-corrected chi connectivity index (χ4v) is 1.50. The van der Waals surface area contributed by atoms with E-state index >= 15 is 0 Å². The first kappa shape index (κ1) is 16.1. The fourth-order valence-electron chi connectivity index (χ4n) is 1.50. The van der Waals surface area contributed by atoms with Crippen LogP contribution in [0.2, 0.25) is 0 Å². The quantitative estimate of drug-likeness (QED) is 0.608. The number of carbonyl (C=O) groups is 1. The Morgan fingerprint density at radius 1 is 1.20 bits per heavy atom. The maximum absolute atomic E-state index is 12.0. The van der Waals surface area contributed by atoms with E-state index < -0.39 is 12.3 Å². The van der Waals surface area contributed by atoms with E-state index in [4.69, 9.17) is 4.74 Å². The van der Waals surface area contributed by atoms with Crippen molar-refractivity contribution in [3.05, 3.63) is 35.4 Å². The van der Waals surface area contributed by atoms with Crippen LogP contribution in [0.5, 0.6) is 5.75 Å². The molecule has 0 atom stereocenters. The van der Waals surface area contributed by atoms with Crippen molar-refractivity contribution >= 4 is 12.0 Å². The Balaban J connectivity index is 2.84. The van der Waals surface area contributed by atoms with E-state index in [9.17, 15) is 18.0 Å². The summed E-state index contributed by atoms with van der Waals surface area (Å²) in [5, 5.41) is 0. The predicted molar refractivity (Wildman–Crippen MR) is 68.0 cm³/mol. The SMILES string of the molecule is CCOC(=O)/C(=C/c1ccc(OC(F)(F)F)cc1)CC. The zero-order chi connectivity index (χ0) is 15.2. The summed E-state index contributed by atoms with van der Waals surface area (Å²) in [7, 11) is 0. The molecule has 0 fully saturated rings. The summed E-state index contributed by atoms with van der Waals surface area (Å²) < 4.78 is 44.6. The second kappa shape index (κ2) is 6.98. The molecule has 20 heavy (non-hydrogen) atoms. The van der Waals surface area contributed by atoms with Crippen molar-refractivity contribution in [2.24, 2.45) is 0 Å². The number of carbonyl (C=O) groups excluding carboxylic acids is 1. The Bertz CT molecular complexity index is 475. The summed E-state index contributed by atoms with van der Waals surface area (Å²) in [5.41, 5.74) is 1.06. The lowest BCUT2D eigenvalue weighted by molar-refractivity contribution is -0.274. The minimum Gasteiger partial charge on any atom is -0.463 e. The highest BCUT2D eigenvalue weighted by molar-refractivity contribution is 5.93. The number of esters is 1. The molecule has 1 rings (SSSR count). The molecule has 110 valence electrons. The van der Waals surface area contributed by atoms with Gasteiger partial charge >= 0.3 is 12.3 Å². The molecule has 0 aromatic heterocycles. The van der Waals surface area contributed by atoms with Crippen LogP contribution in [0.4, 0.5) is 13.2 Å². The van der Waals surface area contributed by atoms with Gasteiger partial charge in [0.1, 0.15) is 5.75 Å². The maximum Gasteiger partial charge on any atom is 0.573 e. The summed E-state index contributed by atoms with van der Waals surface area (Å²) in [5.74, 6) is -0.727. The molecular weight excluding hydrogens is 273 g/mol. The third kappa shape index (κ3) is 5.34. The molecule has 0 heterocycles. The highest BCUT2D eigenvalue weighted by Gasteiger charge is 2.30. The van der Waals surface area contributed by atoms with E-state index in [1.807, 2.05) is 0 Å². The van der Waals surface area contributed by atoms with Gasteiger partial charge in [-0.15, -0.1) is 13.2 Å². The van der Waals surface area contributed by atoms with Crippen LogP contribution in [0.1, 0.15) is 25.8 Å². The Hall–Kier alpha value is -1.98. The molecule has 0 aliphatic carbocycles. The molecule has 3 nitrogen and oxygen atoms in total.